The van der Waals surface area contributed by atoms with Crippen molar-refractivity contribution in [3.63, 3.8) is 0 Å². The van der Waals surface area contributed by atoms with Crippen molar-refractivity contribution in [2.75, 3.05) is 19.8 Å². The molecule has 2 heterocycles. The molecule has 0 bridgehead atoms. The first-order valence-electron chi connectivity index (χ1n) is 6.01. The Kier molecular flexibility index (Phi) is 2.65. The van der Waals surface area contributed by atoms with Crippen molar-refractivity contribution in [1.29, 1.82) is 0 Å². The average Bonchev–Trinajstić information content (AvgIpc) is 3.03. The molecule has 1 aromatic rings. The highest BCUT2D eigenvalue weighted by Crippen LogP contribution is 2.29. The molecular weight excluding hydrogens is 204 g/mol. The van der Waals surface area contributed by atoms with Crippen LogP contribution in [0.25, 0.3) is 0 Å². The first-order chi connectivity index (χ1) is 7.84. The Morgan fingerprint density at radius 1 is 1.44 bits per heavy atom. The third kappa shape index (κ3) is 1.97. The van der Waals surface area contributed by atoms with Gasteiger partial charge in [0.15, 0.2) is 0 Å². The molecule has 88 valence electrons. The van der Waals surface area contributed by atoms with Gasteiger partial charge >= 0.3 is 0 Å². The van der Waals surface area contributed by atoms with Crippen LogP contribution in [-0.2, 0) is 18.3 Å². The van der Waals surface area contributed by atoms with E-state index in [4.69, 9.17) is 4.74 Å². The smallest absolute Gasteiger partial charge is 0.100 e. The molecule has 1 aliphatic heterocycles. The number of aromatic nitrogens is 3. The maximum atomic E-state index is 5.77. The Labute approximate surface area is 95.2 Å². The zero-order valence-electron chi connectivity index (χ0n) is 9.65. The lowest BCUT2D eigenvalue weighted by molar-refractivity contribution is 0.106. The van der Waals surface area contributed by atoms with Gasteiger partial charge in [0.05, 0.1) is 12.3 Å². The summed E-state index contributed by atoms with van der Waals surface area (Å²) < 4.78 is 7.66. The Balaban J connectivity index is 1.63. The second-order valence-corrected chi connectivity index (χ2v) is 4.85. The van der Waals surface area contributed by atoms with Crippen LogP contribution in [-0.4, -0.2) is 34.8 Å². The van der Waals surface area contributed by atoms with E-state index >= 15 is 0 Å². The minimum atomic E-state index is 0.405. The Hall–Kier alpha value is -0.940. The van der Waals surface area contributed by atoms with Gasteiger partial charge in [0.1, 0.15) is 5.69 Å². The SMILES string of the molecule is Cn1nnc2c1[C@H](COCC1CC1)CNC2. The monoisotopic (exact) mass is 222 g/mol. The summed E-state index contributed by atoms with van der Waals surface area (Å²) in [7, 11) is 1.96. The maximum absolute atomic E-state index is 5.77. The van der Waals surface area contributed by atoms with Crippen LogP contribution < -0.4 is 5.32 Å². The molecule has 1 N–H and O–H groups in total. The predicted octanol–water partition coefficient (Wildman–Crippen LogP) is 0.428. The van der Waals surface area contributed by atoms with E-state index in [9.17, 15) is 0 Å². The molecule has 0 spiro atoms. The van der Waals surface area contributed by atoms with Crippen LogP contribution in [0.2, 0.25) is 0 Å². The average molecular weight is 222 g/mol. The lowest BCUT2D eigenvalue weighted by Crippen LogP contribution is -2.32. The van der Waals surface area contributed by atoms with Crippen LogP contribution in [0.1, 0.15) is 30.1 Å². The first-order valence-corrected chi connectivity index (χ1v) is 6.01. The van der Waals surface area contributed by atoms with Gasteiger partial charge in [-0.3, -0.25) is 4.68 Å². The van der Waals surface area contributed by atoms with E-state index in [2.05, 4.69) is 15.6 Å². The zero-order chi connectivity index (χ0) is 11.0. The summed E-state index contributed by atoms with van der Waals surface area (Å²) >= 11 is 0. The van der Waals surface area contributed by atoms with E-state index in [1.807, 2.05) is 11.7 Å². The fraction of sp³-hybridized carbons (Fsp3) is 0.818. The summed E-state index contributed by atoms with van der Waals surface area (Å²) in [4.78, 5) is 0. The molecule has 3 rings (SSSR count). The van der Waals surface area contributed by atoms with E-state index in [0.29, 0.717) is 5.92 Å². The summed E-state index contributed by atoms with van der Waals surface area (Å²) in [6.07, 6.45) is 2.70. The minimum absolute atomic E-state index is 0.405. The maximum Gasteiger partial charge on any atom is 0.100 e. The van der Waals surface area contributed by atoms with Gasteiger partial charge in [-0.25, -0.2) is 0 Å². The van der Waals surface area contributed by atoms with Crippen molar-refractivity contribution < 1.29 is 4.74 Å². The van der Waals surface area contributed by atoms with Crippen molar-refractivity contribution in [1.82, 2.24) is 20.3 Å². The van der Waals surface area contributed by atoms with Crippen molar-refractivity contribution in [3.05, 3.63) is 11.4 Å². The number of nitrogens with one attached hydrogen (secondary N) is 1. The van der Waals surface area contributed by atoms with Crippen molar-refractivity contribution >= 4 is 0 Å². The fourth-order valence-corrected chi connectivity index (χ4v) is 2.29. The van der Waals surface area contributed by atoms with Gasteiger partial charge in [-0.15, -0.1) is 5.10 Å². The summed E-state index contributed by atoms with van der Waals surface area (Å²) in [6, 6.07) is 0. The third-order valence-electron chi connectivity index (χ3n) is 3.38. The first kappa shape index (κ1) is 10.2. The van der Waals surface area contributed by atoms with Gasteiger partial charge in [-0.05, 0) is 18.8 Å². The Morgan fingerprint density at radius 2 is 2.31 bits per heavy atom. The van der Waals surface area contributed by atoms with Gasteiger partial charge < -0.3 is 10.1 Å². The number of fused-ring (bicyclic) bond motifs is 1. The highest BCUT2D eigenvalue weighted by atomic mass is 16.5. The highest BCUT2D eigenvalue weighted by molar-refractivity contribution is 5.19. The minimum Gasteiger partial charge on any atom is -0.380 e. The highest BCUT2D eigenvalue weighted by Gasteiger charge is 2.27. The molecule has 0 saturated heterocycles. The molecule has 16 heavy (non-hydrogen) atoms. The van der Waals surface area contributed by atoms with E-state index in [-0.39, 0.29) is 0 Å². The lowest BCUT2D eigenvalue weighted by atomic mass is 10.0. The molecule has 1 saturated carbocycles. The van der Waals surface area contributed by atoms with Crippen molar-refractivity contribution in [2.24, 2.45) is 13.0 Å². The molecule has 2 aliphatic rings. The molecule has 1 atom stereocenters. The number of rotatable bonds is 4. The van der Waals surface area contributed by atoms with E-state index in [1.165, 1.54) is 18.5 Å². The van der Waals surface area contributed by atoms with Crippen molar-refractivity contribution in [2.45, 2.75) is 25.3 Å². The lowest BCUT2D eigenvalue weighted by Gasteiger charge is -2.23. The molecule has 5 nitrogen and oxygen atoms in total. The number of hydrogen-bond acceptors (Lipinski definition) is 4. The summed E-state index contributed by atoms with van der Waals surface area (Å²) in [5.74, 6) is 1.24. The second kappa shape index (κ2) is 4.14. The predicted molar refractivity (Wildman–Crippen MR) is 59.0 cm³/mol. The molecule has 5 heteroatoms. The number of nitrogens with zero attached hydrogens (tertiary/aromatic N) is 3. The van der Waals surface area contributed by atoms with Gasteiger partial charge in [-0.2, -0.15) is 0 Å². The molecule has 1 fully saturated rings. The normalized spacial score (nSPS) is 24.4. The standard InChI is InChI=1S/C11H18N4O/c1-15-11-9(7-16-6-8-2-3-8)4-12-5-10(11)13-14-15/h8-9,12H,2-7H2,1H3/t9-/m0/s1. The summed E-state index contributed by atoms with van der Waals surface area (Å²) in [5.41, 5.74) is 2.32. The third-order valence-corrected chi connectivity index (χ3v) is 3.38. The topological polar surface area (TPSA) is 52.0 Å². The second-order valence-electron chi connectivity index (χ2n) is 4.85. The zero-order valence-corrected chi connectivity index (χ0v) is 9.65. The van der Waals surface area contributed by atoms with Crippen LogP contribution in [0.5, 0.6) is 0 Å². The molecule has 1 aromatic heterocycles. The molecular formula is C11H18N4O. The molecule has 0 unspecified atom stereocenters. The van der Waals surface area contributed by atoms with Crippen LogP contribution in [0.3, 0.4) is 0 Å². The summed E-state index contributed by atoms with van der Waals surface area (Å²) in [6.45, 7) is 3.52. The Morgan fingerprint density at radius 3 is 3.12 bits per heavy atom. The fourth-order valence-electron chi connectivity index (χ4n) is 2.29. The Bertz CT molecular complexity index is 372. The molecule has 1 aliphatic carbocycles. The molecule has 0 aromatic carbocycles. The van der Waals surface area contributed by atoms with Crippen LogP contribution in [0.4, 0.5) is 0 Å². The van der Waals surface area contributed by atoms with Gasteiger partial charge in [0.25, 0.3) is 0 Å². The van der Waals surface area contributed by atoms with E-state index in [0.717, 1.165) is 37.9 Å². The van der Waals surface area contributed by atoms with Crippen LogP contribution in [0, 0.1) is 5.92 Å². The summed E-state index contributed by atoms with van der Waals surface area (Å²) in [5, 5.41) is 11.6. The molecule has 0 amide bonds. The number of aryl methyl sites for hydroxylation is 1. The number of ether oxygens (including phenoxy) is 1. The van der Waals surface area contributed by atoms with E-state index in [1.54, 1.807) is 0 Å². The van der Waals surface area contributed by atoms with Gasteiger partial charge in [0, 0.05) is 32.7 Å². The largest absolute Gasteiger partial charge is 0.380 e. The number of hydrogen-bond donors (Lipinski definition) is 1. The van der Waals surface area contributed by atoms with Gasteiger partial charge in [0.2, 0.25) is 0 Å². The molecule has 0 radical (unpaired) electrons. The van der Waals surface area contributed by atoms with Gasteiger partial charge in [-0.1, -0.05) is 5.21 Å². The van der Waals surface area contributed by atoms with Crippen LogP contribution >= 0.6 is 0 Å². The van der Waals surface area contributed by atoms with Crippen LogP contribution in [0.15, 0.2) is 0 Å². The van der Waals surface area contributed by atoms with E-state index < -0.39 is 0 Å². The van der Waals surface area contributed by atoms with Crippen molar-refractivity contribution in [3.8, 4) is 0 Å². The quantitative estimate of drug-likeness (QED) is 0.802.